The van der Waals surface area contributed by atoms with E-state index in [1.54, 1.807) is 36.1 Å². The first-order chi connectivity index (χ1) is 16.7. The molecule has 2 aromatic rings. The second-order valence-corrected chi connectivity index (χ2v) is 9.25. The van der Waals surface area contributed by atoms with Gasteiger partial charge in [0.05, 0.1) is 12.2 Å². The number of halogens is 2. The summed E-state index contributed by atoms with van der Waals surface area (Å²) in [4.78, 5) is 40.9. The quantitative estimate of drug-likeness (QED) is 0.642. The van der Waals surface area contributed by atoms with Crippen molar-refractivity contribution in [1.82, 2.24) is 9.80 Å². The third kappa shape index (κ3) is 5.13. The molecule has 2 heterocycles. The molecule has 0 aromatic heterocycles. The summed E-state index contributed by atoms with van der Waals surface area (Å²) in [6, 6.07) is 8.77. The van der Waals surface area contributed by atoms with Gasteiger partial charge in [0.1, 0.15) is 17.2 Å². The van der Waals surface area contributed by atoms with Crippen molar-refractivity contribution in [1.29, 1.82) is 0 Å². The lowest BCUT2D eigenvalue weighted by atomic mass is 9.77. The van der Waals surface area contributed by atoms with Crippen LogP contribution < -0.4 is 5.32 Å². The molecule has 0 unspecified atom stereocenters. The molecule has 1 spiro atoms. The highest BCUT2D eigenvalue weighted by Gasteiger charge is 2.43. The molecule has 0 aliphatic carbocycles. The Labute approximate surface area is 203 Å². The van der Waals surface area contributed by atoms with Crippen LogP contribution in [-0.4, -0.2) is 60.5 Å². The molecule has 2 fully saturated rings. The van der Waals surface area contributed by atoms with Crippen LogP contribution in [0.5, 0.6) is 0 Å². The zero-order chi connectivity index (χ0) is 25.2. The number of urea groups is 1. The van der Waals surface area contributed by atoms with Crippen LogP contribution in [0.2, 0.25) is 0 Å². The highest BCUT2D eigenvalue weighted by molar-refractivity contribution is 5.95. The average Bonchev–Trinajstić information content (AvgIpc) is 3.26. The van der Waals surface area contributed by atoms with Crippen LogP contribution in [0.3, 0.4) is 0 Å². The Kier molecular flexibility index (Phi) is 7.05. The summed E-state index contributed by atoms with van der Waals surface area (Å²) >= 11 is 0. The first kappa shape index (κ1) is 24.6. The zero-order valence-electron chi connectivity index (χ0n) is 19.9. The molecule has 2 aliphatic rings. The van der Waals surface area contributed by atoms with E-state index in [4.69, 9.17) is 4.74 Å². The fourth-order valence-corrected chi connectivity index (χ4v) is 4.85. The van der Waals surface area contributed by atoms with E-state index < -0.39 is 29.1 Å². The zero-order valence-corrected chi connectivity index (χ0v) is 19.9. The number of piperidine rings is 1. The van der Waals surface area contributed by atoms with E-state index in [-0.39, 0.29) is 23.6 Å². The molecule has 0 bridgehead atoms. The summed E-state index contributed by atoms with van der Waals surface area (Å²) < 4.78 is 33.6. The van der Waals surface area contributed by atoms with E-state index in [1.165, 1.54) is 17.9 Å². The molecule has 0 atom stereocenters. The molecule has 35 heavy (non-hydrogen) atoms. The van der Waals surface area contributed by atoms with E-state index in [0.717, 1.165) is 12.5 Å². The van der Waals surface area contributed by atoms with Gasteiger partial charge in [-0.05, 0) is 68.4 Å². The lowest BCUT2D eigenvalue weighted by Gasteiger charge is -2.39. The Hall–Kier alpha value is -3.49. The van der Waals surface area contributed by atoms with Gasteiger partial charge in [-0.15, -0.1) is 0 Å². The number of carbonyl (C=O) groups is 3. The first-order valence-electron chi connectivity index (χ1n) is 11.8. The molecule has 0 radical (unpaired) electrons. The number of benzene rings is 2. The van der Waals surface area contributed by atoms with E-state index in [2.05, 4.69) is 5.32 Å². The third-order valence-electron chi connectivity index (χ3n) is 6.96. The van der Waals surface area contributed by atoms with Gasteiger partial charge in [-0.2, -0.15) is 0 Å². The number of carbonyl (C=O) groups excluding carboxylic acids is 3. The van der Waals surface area contributed by atoms with Crippen LogP contribution in [0, 0.1) is 24.0 Å². The first-order valence-corrected chi connectivity index (χ1v) is 11.8. The fraction of sp³-hybridized carbons (Fsp3) is 0.423. The van der Waals surface area contributed by atoms with Crippen LogP contribution in [-0.2, 0) is 4.74 Å². The van der Waals surface area contributed by atoms with Gasteiger partial charge in [0.25, 0.3) is 5.91 Å². The topological polar surface area (TPSA) is 79.0 Å². The van der Waals surface area contributed by atoms with Crippen molar-refractivity contribution in [2.45, 2.75) is 33.1 Å². The summed E-state index contributed by atoms with van der Waals surface area (Å²) in [5.41, 5.74) is 0.460. The second kappa shape index (κ2) is 10.0. The number of hydrogen-bond acceptors (Lipinski definition) is 4. The largest absolute Gasteiger partial charge is 0.462 e. The number of anilines is 1. The van der Waals surface area contributed by atoms with Crippen LogP contribution >= 0.6 is 0 Å². The van der Waals surface area contributed by atoms with E-state index in [9.17, 15) is 23.2 Å². The van der Waals surface area contributed by atoms with Gasteiger partial charge in [-0.25, -0.2) is 18.4 Å². The molecule has 9 heteroatoms. The van der Waals surface area contributed by atoms with Crippen LogP contribution in [0.15, 0.2) is 36.4 Å². The molecule has 2 saturated heterocycles. The van der Waals surface area contributed by atoms with Gasteiger partial charge < -0.3 is 19.9 Å². The number of esters is 1. The van der Waals surface area contributed by atoms with Gasteiger partial charge in [-0.3, -0.25) is 4.79 Å². The third-order valence-corrected chi connectivity index (χ3v) is 6.96. The standard InChI is InChI=1S/C26H29F2N3O4/c1-3-35-24(33)18-5-4-6-19(15-18)29-25(34)31-14-11-26(16-31)9-12-30(13-10-26)23(32)21-20(27)8-7-17(2)22(21)28/h4-8,15H,3,9-14,16H2,1-2H3,(H,29,34). The number of amides is 3. The lowest BCUT2D eigenvalue weighted by Crippen LogP contribution is -2.45. The van der Waals surface area contributed by atoms with Crippen molar-refractivity contribution in [3.05, 3.63) is 64.7 Å². The molecule has 7 nitrogen and oxygen atoms in total. The van der Waals surface area contributed by atoms with Gasteiger partial charge in [0.2, 0.25) is 0 Å². The lowest BCUT2D eigenvalue weighted by molar-refractivity contribution is 0.0525. The Balaban J connectivity index is 1.35. The number of likely N-dealkylation sites (tertiary alicyclic amines) is 2. The maximum atomic E-state index is 14.4. The van der Waals surface area contributed by atoms with E-state index >= 15 is 0 Å². The summed E-state index contributed by atoms with van der Waals surface area (Å²) in [7, 11) is 0. The molecule has 4 rings (SSSR count). The molecule has 1 N–H and O–H groups in total. The number of aryl methyl sites for hydroxylation is 1. The highest BCUT2D eigenvalue weighted by Crippen LogP contribution is 2.41. The molecular formula is C26H29F2N3O4. The number of ether oxygens (including phenoxy) is 1. The minimum Gasteiger partial charge on any atom is -0.462 e. The minimum atomic E-state index is -0.853. The fourth-order valence-electron chi connectivity index (χ4n) is 4.85. The minimum absolute atomic E-state index is 0.134. The molecule has 186 valence electrons. The monoisotopic (exact) mass is 485 g/mol. The van der Waals surface area contributed by atoms with Crippen molar-refractivity contribution < 1.29 is 27.9 Å². The second-order valence-electron chi connectivity index (χ2n) is 9.25. The van der Waals surface area contributed by atoms with Gasteiger partial charge in [0.15, 0.2) is 0 Å². The van der Waals surface area contributed by atoms with Crippen LogP contribution in [0.25, 0.3) is 0 Å². The van der Waals surface area contributed by atoms with Crippen LogP contribution in [0.1, 0.15) is 52.5 Å². The highest BCUT2D eigenvalue weighted by atomic mass is 19.1. The van der Waals surface area contributed by atoms with Gasteiger partial charge in [0, 0.05) is 31.9 Å². The molecule has 0 saturated carbocycles. The van der Waals surface area contributed by atoms with Gasteiger partial charge >= 0.3 is 12.0 Å². The summed E-state index contributed by atoms with van der Waals surface area (Å²) in [5.74, 6) is -2.75. The van der Waals surface area contributed by atoms with Crippen molar-refractivity contribution in [3.8, 4) is 0 Å². The van der Waals surface area contributed by atoms with Crippen molar-refractivity contribution >= 4 is 23.6 Å². The summed E-state index contributed by atoms with van der Waals surface area (Å²) in [6.45, 7) is 5.35. The van der Waals surface area contributed by atoms with Crippen LogP contribution in [0.4, 0.5) is 19.3 Å². The average molecular weight is 486 g/mol. The Morgan fingerprint density at radius 3 is 2.40 bits per heavy atom. The predicted octanol–water partition coefficient (Wildman–Crippen LogP) is 4.61. The maximum absolute atomic E-state index is 14.4. The molecule has 3 amide bonds. The molecule has 2 aromatic carbocycles. The van der Waals surface area contributed by atoms with E-state index in [1.807, 2.05) is 0 Å². The normalized spacial score (nSPS) is 16.9. The van der Waals surface area contributed by atoms with Gasteiger partial charge in [-0.1, -0.05) is 12.1 Å². The smallest absolute Gasteiger partial charge is 0.338 e. The SMILES string of the molecule is CCOC(=O)c1cccc(NC(=O)N2CCC3(CCN(C(=O)c4c(F)ccc(C)c4F)CC3)C2)c1. The molecular weight excluding hydrogens is 456 g/mol. The summed E-state index contributed by atoms with van der Waals surface area (Å²) in [5, 5.41) is 2.84. The summed E-state index contributed by atoms with van der Waals surface area (Å²) in [6.07, 6.45) is 2.09. The van der Waals surface area contributed by atoms with Crippen molar-refractivity contribution in [2.75, 3.05) is 38.1 Å². The number of rotatable bonds is 4. The Bertz CT molecular complexity index is 1150. The van der Waals surface area contributed by atoms with Crippen molar-refractivity contribution in [2.24, 2.45) is 5.41 Å². The number of nitrogens with zero attached hydrogens (tertiary/aromatic N) is 2. The maximum Gasteiger partial charge on any atom is 0.338 e. The number of nitrogens with one attached hydrogen (secondary N) is 1. The Morgan fingerprint density at radius 1 is 1.03 bits per heavy atom. The van der Waals surface area contributed by atoms with Crippen molar-refractivity contribution in [3.63, 3.8) is 0 Å². The van der Waals surface area contributed by atoms with E-state index in [0.29, 0.717) is 50.3 Å². The Morgan fingerprint density at radius 2 is 1.71 bits per heavy atom. The molecule has 2 aliphatic heterocycles. The number of hydrogen-bond donors (Lipinski definition) is 1. The predicted molar refractivity (Wildman–Crippen MR) is 126 cm³/mol.